The van der Waals surface area contributed by atoms with E-state index in [0.717, 1.165) is 9.13 Å². The fraction of sp³-hybridized carbons (Fsp3) is 0.167. The molecule has 0 unspecified atom stereocenters. The molecule has 0 N–H and O–H groups in total. The second kappa shape index (κ2) is 6.41. The van der Waals surface area contributed by atoms with Gasteiger partial charge in [0.1, 0.15) is 0 Å². The summed E-state index contributed by atoms with van der Waals surface area (Å²) in [5.74, 6) is 0.0719. The molecule has 98 valence electrons. The van der Waals surface area contributed by atoms with Crippen molar-refractivity contribution in [3.63, 3.8) is 0 Å². The number of benzene rings is 1. The van der Waals surface area contributed by atoms with Gasteiger partial charge in [0.15, 0.2) is 0 Å². The normalized spacial score (nSPS) is 10.8. The van der Waals surface area contributed by atoms with Crippen molar-refractivity contribution in [3.8, 4) is 11.4 Å². The summed E-state index contributed by atoms with van der Waals surface area (Å²) in [5.41, 5.74) is 0.877. The van der Waals surface area contributed by atoms with Gasteiger partial charge >= 0.3 is 5.97 Å². The van der Waals surface area contributed by atoms with E-state index in [1.807, 2.05) is 24.3 Å². The van der Waals surface area contributed by atoms with Crippen LogP contribution in [0.15, 0.2) is 30.3 Å². The summed E-state index contributed by atoms with van der Waals surface area (Å²) >= 11 is 2.22. The van der Waals surface area contributed by atoms with Crippen LogP contribution >= 0.6 is 22.6 Å². The van der Waals surface area contributed by atoms with Gasteiger partial charge in [-0.15, -0.1) is 15.0 Å². The minimum Gasteiger partial charge on any atom is -0.463 e. The van der Waals surface area contributed by atoms with Crippen LogP contribution < -0.4 is 0 Å². The molecule has 19 heavy (non-hydrogen) atoms. The molecular weight excluding hydrogens is 359 g/mol. The summed E-state index contributed by atoms with van der Waals surface area (Å²) in [5, 5.41) is 11.9. The maximum absolute atomic E-state index is 11.1. The van der Waals surface area contributed by atoms with Crippen LogP contribution in [0.3, 0.4) is 0 Å². The number of hydrogen-bond acceptors (Lipinski definition) is 5. The van der Waals surface area contributed by atoms with Gasteiger partial charge < -0.3 is 4.74 Å². The highest BCUT2D eigenvalue weighted by molar-refractivity contribution is 14.1. The molecule has 0 amide bonds. The number of aromatic nitrogens is 4. The predicted molar refractivity (Wildman–Crippen MR) is 77.9 cm³/mol. The molecule has 0 aliphatic carbocycles. The Bertz CT molecular complexity index is 609. The molecule has 0 aliphatic rings. The van der Waals surface area contributed by atoms with Crippen LogP contribution in [0, 0.1) is 3.57 Å². The largest absolute Gasteiger partial charge is 0.463 e. The van der Waals surface area contributed by atoms with Gasteiger partial charge in [-0.25, -0.2) is 4.79 Å². The van der Waals surface area contributed by atoms with E-state index in [4.69, 9.17) is 4.74 Å². The summed E-state index contributed by atoms with van der Waals surface area (Å²) < 4.78 is 5.85. The standard InChI is InChI=1S/C12H11IN4O2/c1-2-19-11(18)6-7-17-15-12(14-16-17)9-4-3-5-10(13)8-9/h3-8H,2H2,1H3/b7-6+. The Morgan fingerprint density at radius 2 is 2.37 bits per heavy atom. The van der Waals surface area contributed by atoms with Gasteiger partial charge in [0, 0.05) is 15.2 Å². The fourth-order valence-corrected chi connectivity index (χ4v) is 1.89. The molecule has 2 aromatic rings. The average Bonchev–Trinajstić information content (AvgIpc) is 2.85. The van der Waals surface area contributed by atoms with Crippen molar-refractivity contribution in [2.75, 3.05) is 6.61 Å². The molecule has 0 bridgehead atoms. The van der Waals surface area contributed by atoms with Crippen molar-refractivity contribution < 1.29 is 9.53 Å². The predicted octanol–water partition coefficient (Wildman–Crippen LogP) is 1.98. The van der Waals surface area contributed by atoms with Crippen LogP contribution in [0.2, 0.25) is 0 Å². The third kappa shape index (κ3) is 3.85. The lowest BCUT2D eigenvalue weighted by atomic mass is 10.2. The van der Waals surface area contributed by atoms with Gasteiger partial charge in [-0.05, 0) is 46.9 Å². The molecule has 1 heterocycles. The Kier molecular flexibility index (Phi) is 4.61. The SMILES string of the molecule is CCOC(=O)/C=C/n1nnc(-c2cccc(I)c2)n1. The van der Waals surface area contributed by atoms with Gasteiger partial charge in [-0.1, -0.05) is 12.1 Å². The number of esters is 1. The highest BCUT2D eigenvalue weighted by Crippen LogP contribution is 2.16. The first-order valence-corrected chi connectivity index (χ1v) is 6.67. The van der Waals surface area contributed by atoms with E-state index in [1.54, 1.807) is 6.92 Å². The quantitative estimate of drug-likeness (QED) is 0.468. The van der Waals surface area contributed by atoms with Gasteiger partial charge in [0.25, 0.3) is 0 Å². The number of halogens is 1. The first kappa shape index (κ1) is 13.7. The number of ether oxygens (including phenoxy) is 1. The smallest absolute Gasteiger partial charge is 0.332 e. The topological polar surface area (TPSA) is 69.9 Å². The van der Waals surface area contributed by atoms with E-state index in [0.29, 0.717) is 12.4 Å². The van der Waals surface area contributed by atoms with Crippen molar-refractivity contribution in [1.29, 1.82) is 0 Å². The third-order valence-electron chi connectivity index (χ3n) is 2.14. The highest BCUT2D eigenvalue weighted by Gasteiger charge is 2.05. The molecule has 0 aliphatic heterocycles. The van der Waals surface area contributed by atoms with E-state index < -0.39 is 5.97 Å². The lowest BCUT2D eigenvalue weighted by molar-refractivity contribution is -0.137. The van der Waals surface area contributed by atoms with Crippen LogP contribution in [0.25, 0.3) is 17.6 Å². The Balaban J connectivity index is 2.13. The van der Waals surface area contributed by atoms with Crippen LogP contribution in [-0.4, -0.2) is 32.8 Å². The minimum absolute atomic E-state index is 0.335. The number of tetrazole rings is 1. The van der Waals surface area contributed by atoms with Crippen molar-refractivity contribution in [2.24, 2.45) is 0 Å². The Morgan fingerprint density at radius 3 is 3.11 bits per heavy atom. The first-order valence-electron chi connectivity index (χ1n) is 5.59. The molecule has 0 atom stereocenters. The van der Waals surface area contributed by atoms with Crippen LogP contribution in [0.5, 0.6) is 0 Å². The molecular formula is C12H11IN4O2. The first-order chi connectivity index (χ1) is 9.19. The van der Waals surface area contributed by atoms with E-state index in [9.17, 15) is 4.79 Å². The number of hydrogen-bond donors (Lipinski definition) is 0. The number of rotatable bonds is 4. The molecule has 0 fully saturated rings. The summed E-state index contributed by atoms with van der Waals surface area (Å²) in [6, 6.07) is 7.76. The van der Waals surface area contributed by atoms with Crippen molar-refractivity contribution >= 4 is 34.8 Å². The maximum atomic E-state index is 11.1. The van der Waals surface area contributed by atoms with Crippen LogP contribution in [0.1, 0.15) is 6.92 Å². The average molecular weight is 370 g/mol. The molecule has 0 saturated carbocycles. The second-order valence-corrected chi connectivity index (χ2v) is 4.76. The zero-order valence-electron chi connectivity index (χ0n) is 10.2. The van der Waals surface area contributed by atoms with Gasteiger partial charge in [-0.2, -0.15) is 0 Å². The van der Waals surface area contributed by atoms with Crippen molar-refractivity contribution in [2.45, 2.75) is 6.92 Å². The molecule has 1 aromatic carbocycles. The second-order valence-electron chi connectivity index (χ2n) is 3.51. The van der Waals surface area contributed by atoms with Gasteiger partial charge in [0.2, 0.25) is 5.82 Å². The monoisotopic (exact) mass is 370 g/mol. The van der Waals surface area contributed by atoms with Gasteiger partial charge in [0.05, 0.1) is 12.8 Å². The summed E-state index contributed by atoms with van der Waals surface area (Å²) in [4.78, 5) is 12.4. The Labute approximate surface area is 123 Å². The summed E-state index contributed by atoms with van der Waals surface area (Å²) in [7, 11) is 0. The molecule has 0 spiro atoms. The number of carbonyl (C=O) groups is 1. The maximum Gasteiger partial charge on any atom is 0.332 e. The van der Waals surface area contributed by atoms with E-state index in [2.05, 4.69) is 38.0 Å². The third-order valence-corrected chi connectivity index (χ3v) is 2.81. The van der Waals surface area contributed by atoms with E-state index in [-0.39, 0.29) is 0 Å². The van der Waals surface area contributed by atoms with Crippen LogP contribution in [0.4, 0.5) is 0 Å². The summed E-state index contributed by atoms with van der Waals surface area (Å²) in [6.45, 7) is 2.08. The molecule has 1 aromatic heterocycles. The lowest BCUT2D eigenvalue weighted by Crippen LogP contribution is -2.01. The Hall–Kier alpha value is -1.77. The molecule has 7 heteroatoms. The van der Waals surface area contributed by atoms with E-state index in [1.165, 1.54) is 17.1 Å². The molecule has 0 saturated heterocycles. The fourth-order valence-electron chi connectivity index (χ4n) is 1.35. The van der Waals surface area contributed by atoms with Gasteiger partial charge in [-0.3, -0.25) is 0 Å². The molecule has 0 radical (unpaired) electrons. The molecule has 6 nitrogen and oxygen atoms in total. The zero-order valence-corrected chi connectivity index (χ0v) is 12.3. The highest BCUT2D eigenvalue weighted by atomic mass is 127. The van der Waals surface area contributed by atoms with Crippen LogP contribution in [-0.2, 0) is 9.53 Å². The zero-order chi connectivity index (χ0) is 13.7. The minimum atomic E-state index is -0.435. The van der Waals surface area contributed by atoms with Crippen molar-refractivity contribution in [1.82, 2.24) is 20.2 Å². The Morgan fingerprint density at radius 1 is 1.53 bits per heavy atom. The lowest BCUT2D eigenvalue weighted by Gasteiger charge is -1.94. The molecule has 2 rings (SSSR count). The number of nitrogens with zero attached hydrogens (tertiary/aromatic N) is 4. The van der Waals surface area contributed by atoms with E-state index >= 15 is 0 Å². The summed E-state index contributed by atoms with van der Waals surface area (Å²) in [6.07, 6.45) is 2.66. The van der Waals surface area contributed by atoms with Crippen molar-refractivity contribution in [3.05, 3.63) is 33.9 Å². The number of carbonyl (C=O) groups excluding carboxylic acids is 1.